The Labute approximate surface area is 110 Å². The molecule has 0 saturated carbocycles. The molecule has 0 amide bonds. The highest BCUT2D eigenvalue weighted by Gasteiger charge is 1.84. The molecular formula is C12H30O6. The molecule has 0 bridgehead atoms. The molecule has 114 valence electrons. The van der Waals surface area contributed by atoms with Crippen LogP contribution in [0.1, 0.15) is 38.5 Å². The normalized spacial score (nSPS) is 9.00. The molecule has 0 radical (unpaired) electrons. The van der Waals surface area contributed by atoms with E-state index >= 15 is 0 Å². The number of rotatable bonds is 9. The summed E-state index contributed by atoms with van der Waals surface area (Å²) >= 11 is 0. The van der Waals surface area contributed by atoms with Crippen molar-refractivity contribution >= 4 is 0 Å². The van der Waals surface area contributed by atoms with Crippen LogP contribution in [0.3, 0.4) is 0 Å². The molecule has 0 aromatic heterocycles. The smallest absolute Gasteiger partial charge is 0.0662 e. The summed E-state index contributed by atoms with van der Waals surface area (Å²) in [4.78, 5) is 0. The fourth-order valence-corrected chi connectivity index (χ4v) is 0.801. The third-order valence-electron chi connectivity index (χ3n) is 1.73. The SMILES string of the molecule is OCCCCCCO.OCCCCO.OCCO. The molecule has 0 rings (SSSR count). The molecule has 0 spiro atoms. The summed E-state index contributed by atoms with van der Waals surface area (Å²) in [6.45, 7) is 0.706. The predicted octanol–water partition coefficient (Wildman–Crippen LogP) is -0.746. The highest BCUT2D eigenvalue weighted by molar-refractivity contribution is 4.39. The zero-order valence-corrected chi connectivity index (χ0v) is 11.2. The molecule has 0 saturated heterocycles. The summed E-state index contributed by atoms with van der Waals surface area (Å²) in [7, 11) is 0. The summed E-state index contributed by atoms with van der Waals surface area (Å²) in [6, 6.07) is 0. The number of unbranched alkanes of at least 4 members (excludes halogenated alkanes) is 4. The maximum Gasteiger partial charge on any atom is 0.0662 e. The fraction of sp³-hybridized carbons (Fsp3) is 1.00. The third kappa shape index (κ3) is 44.7. The molecule has 0 atom stereocenters. The van der Waals surface area contributed by atoms with Crippen LogP contribution in [0.2, 0.25) is 0 Å². The van der Waals surface area contributed by atoms with Crippen molar-refractivity contribution in [2.75, 3.05) is 39.6 Å². The largest absolute Gasteiger partial charge is 0.396 e. The van der Waals surface area contributed by atoms with Crippen LogP contribution in [0.5, 0.6) is 0 Å². The van der Waals surface area contributed by atoms with Gasteiger partial charge in [0.05, 0.1) is 13.2 Å². The monoisotopic (exact) mass is 270 g/mol. The molecule has 0 aromatic carbocycles. The number of hydrogen-bond donors (Lipinski definition) is 6. The molecule has 6 nitrogen and oxygen atoms in total. The van der Waals surface area contributed by atoms with E-state index in [2.05, 4.69) is 0 Å². The van der Waals surface area contributed by atoms with Crippen molar-refractivity contribution in [1.82, 2.24) is 0 Å². The van der Waals surface area contributed by atoms with Gasteiger partial charge >= 0.3 is 0 Å². The molecule has 0 aliphatic carbocycles. The van der Waals surface area contributed by atoms with E-state index in [1.807, 2.05) is 0 Å². The molecular weight excluding hydrogens is 240 g/mol. The Morgan fingerprint density at radius 2 is 0.500 bits per heavy atom. The molecule has 0 heterocycles. The Kier molecular flexibility index (Phi) is 38.3. The predicted molar refractivity (Wildman–Crippen MR) is 70.2 cm³/mol. The second kappa shape index (κ2) is 30.1. The summed E-state index contributed by atoms with van der Waals surface area (Å²) < 4.78 is 0. The minimum Gasteiger partial charge on any atom is -0.396 e. The van der Waals surface area contributed by atoms with E-state index in [0.29, 0.717) is 0 Å². The van der Waals surface area contributed by atoms with Crippen molar-refractivity contribution in [3.8, 4) is 0 Å². The zero-order chi connectivity index (χ0) is 14.5. The van der Waals surface area contributed by atoms with E-state index < -0.39 is 0 Å². The second-order valence-electron chi connectivity index (χ2n) is 3.46. The Morgan fingerprint density at radius 3 is 0.667 bits per heavy atom. The molecule has 18 heavy (non-hydrogen) atoms. The maximum atomic E-state index is 8.30. The van der Waals surface area contributed by atoms with Crippen molar-refractivity contribution in [1.29, 1.82) is 0 Å². The Hall–Kier alpha value is -0.240. The topological polar surface area (TPSA) is 121 Å². The lowest BCUT2D eigenvalue weighted by Crippen LogP contribution is -1.85. The van der Waals surface area contributed by atoms with Gasteiger partial charge in [-0.25, -0.2) is 0 Å². The number of hydrogen-bond acceptors (Lipinski definition) is 6. The fourth-order valence-electron chi connectivity index (χ4n) is 0.801. The van der Waals surface area contributed by atoms with Gasteiger partial charge in [-0.1, -0.05) is 12.8 Å². The van der Waals surface area contributed by atoms with Crippen molar-refractivity contribution in [2.24, 2.45) is 0 Å². The summed E-state index contributed by atoms with van der Waals surface area (Å²) in [5, 5.41) is 48.0. The Morgan fingerprint density at radius 1 is 0.278 bits per heavy atom. The van der Waals surface area contributed by atoms with Gasteiger partial charge in [-0.3, -0.25) is 0 Å². The van der Waals surface area contributed by atoms with E-state index in [0.717, 1.165) is 38.5 Å². The van der Waals surface area contributed by atoms with Gasteiger partial charge in [0, 0.05) is 26.4 Å². The number of aliphatic hydroxyl groups excluding tert-OH is 6. The molecule has 0 aromatic rings. The summed E-state index contributed by atoms with van der Waals surface area (Å²) in [5.41, 5.74) is 0. The van der Waals surface area contributed by atoms with Gasteiger partial charge in [0.25, 0.3) is 0 Å². The highest BCUT2D eigenvalue weighted by atomic mass is 16.3. The first-order valence-electron chi connectivity index (χ1n) is 6.40. The van der Waals surface area contributed by atoms with E-state index in [-0.39, 0.29) is 39.6 Å². The van der Waals surface area contributed by atoms with Crippen LogP contribution < -0.4 is 0 Å². The first-order chi connectivity index (χ1) is 8.74. The van der Waals surface area contributed by atoms with E-state index in [4.69, 9.17) is 30.6 Å². The van der Waals surface area contributed by atoms with E-state index in [1.165, 1.54) is 0 Å². The standard InChI is InChI=1S/C6H14O2.C4H10O2.C2H6O2/c7-5-3-1-2-4-6-8;5-3-1-2-4-6;3-1-2-4/h7-8H,1-6H2;5-6H,1-4H2;3-4H,1-2H2. The quantitative estimate of drug-likeness (QED) is 0.307. The van der Waals surface area contributed by atoms with Crippen LogP contribution in [0.4, 0.5) is 0 Å². The molecule has 0 aliphatic heterocycles. The van der Waals surface area contributed by atoms with Gasteiger partial charge < -0.3 is 30.6 Å². The van der Waals surface area contributed by atoms with E-state index in [1.54, 1.807) is 0 Å². The zero-order valence-electron chi connectivity index (χ0n) is 11.2. The Bertz CT molecular complexity index is 90.6. The molecule has 0 fully saturated rings. The summed E-state index contributed by atoms with van der Waals surface area (Å²) in [5.74, 6) is 0. The molecule has 0 unspecified atom stereocenters. The first-order valence-corrected chi connectivity index (χ1v) is 6.40. The average Bonchev–Trinajstić information content (AvgIpc) is 2.42. The average molecular weight is 270 g/mol. The van der Waals surface area contributed by atoms with Crippen LogP contribution in [-0.2, 0) is 0 Å². The van der Waals surface area contributed by atoms with Gasteiger partial charge in [0.1, 0.15) is 0 Å². The highest BCUT2D eigenvalue weighted by Crippen LogP contribution is 1.96. The van der Waals surface area contributed by atoms with Gasteiger partial charge in [-0.05, 0) is 25.7 Å². The van der Waals surface area contributed by atoms with Crippen LogP contribution in [0.25, 0.3) is 0 Å². The van der Waals surface area contributed by atoms with Gasteiger partial charge in [-0.15, -0.1) is 0 Å². The lowest BCUT2D eigenvalue weighted by atomic mass is 10.2. The number of aliphatic hydroxyl groups is 6. The van der Waals surface area contributed by atoms with Crippen LogP contribution in [0, 0.1) is 0 Å². The first kappa shape index (κ1) is 22.9. The minimum atomic E-state index is -0.125. The lowest BCUT2D eigenvalue weighted by Gasteiger charge is -1.93. The summed E-state index contributed by atoms with van der Waals surface area (Å²) in [6.07, 6.45) is 5.26. The molecule has 6 N–H and O–H groups in total. The maximum absolute atomic E-state index is 8.30. The second-order valence-corrected chi connectivity index (χ2v) is 3.46. The van der Waals surface area contributed by atoms with Crippen molar-refractivity contribution in [2.45, 2.75) is 38.5 Å². The molecule has 6 heteroatoms. The van der Waals surface area contributed by atoms with Crippen molar-refractivity contribution in [3.05, 3.63) is 0 Å². The van der Waals surface area contributed by atoms with Crippen LogP contribution in [-0.4, -0.2) is 70.3 Å². The Balaban J connectivity index is -0.000000200. The molecule has 0 aliphatic rings. The van der Waals surface area contributed by atoms with Crippen LogP contribution in [0.15, 0.2) is 0 Å². The van der Waals surface area contributed by atoms with E-state index in [9.17, 15) is 0 Å². The van der Waals surface area contributed by atoms with Crippen molar-refractivity contribution < 1.29 is 30.6 Å². The van der Waals surface area contributed by atoms with Crippen molar-refractivity contribution in [3.63, 3.8) is 0 Å². The third-order valence-corrected chi connectivity index (χ3v) is 1.73. The minimum absolute atomic E-state index is 0.125. The van der Waals surface area contributed by atoms with Gasteiger partial charge in [0.15, 0.2) is 0 Å². The lowest BCUT2D eigenvalue weighted by molar-refractivity contribution is 0.186. The van der Waals surface area contributed by atoms with Crippen LogP contribution >= 0.6 is 0 Å². The van der Waals surface area contributed by atoms with Gasteiger partial charge in [-0.2, -0.15) is 0 Å². The van der Waals surface area contributed by atoms with Gasteiger partial charge in [0.2, 0.25) is 0 Å².